The minimum atomic E-state index is 0.950. The molecule has 0 nitrogen and oxygen atoms in total. The molecule has 0 spiro atoms. The molecule has 0 saturated heterocycles. The Morgan fingerprint density at radius 3 is 2.79 bits per heavy atom. The third-order valence-electron chi connectivity index (χ3n) is 3.19. The van der Waals surface area contributed by atoms with Crippen molar-refractivity contribution in [2.24, 2.45) is 0 Å². The van der Waals surface area contributed by atoms with Gasteiger partial charge in [-0.15, -0.1) is 0 Å². The van der Waals surface area contributed by atoms with Gasteiger partial charge in [0, 0.05) is 3.57 Å². The smallest absolute Gasteiger partial charge is 0.0142 e. The summed E-state index contributed by atoms with van der Waals surface area (Å²) < 4.78 is 1.23. The number of hydrogen-bond donors (Lipinski definition) is 0. The van der Waals surface area contributed by atoms with Gasteiger partial charge >= 0.3 is 0 Å². The maximum Gasteiger partial charge on any atom is 0.0142 e. The van der Waals surface area contributed by atoms with E-state index in [9.17, 15) is 0 Å². The predicted octanol–water partition coefficient (Wildman–Crippen LogP) is 5.76. The lowest BCUT2D eigenvalue weighted by molar-refractivity contribution is 1.29. The number of fused-ring (bicyclic) bond motifs is 1. The number of halogens is 1. The second kappa shape index (κ2) is 6.20. The van der Waals surface area contributed by atoms with E-state index >= 15 is 0 Å². The van der Waals surface area contributed by atoms with E-state index in [1.54, 1.807) is 0 Å². The molecule has 0 aromatic heterocycles. The van der Waals surface area contributed by atoms with Crippen molar-refractivity contribution >= 4 is 38.9 Å². The molecule has 0 amide bonds. The molecule has 19 heavy (non-hydrogen) atoms. The molecule has 0 unspecified atom stereocenters. The lowest BCUT2D eigenvalue weighted by Gasteiger charge is -2.12. The van der Waals surface area contributed by atoms with Crippen LogP contribution in [-0.4, -0.2) is 0 Å². The van der Waals surface area contributed by atoms with Crippen LogP contribution in [0, 0.1) is 3.57 Å². The molecule has 0 aliphatic heterocycles. The Bertz CT molecular complexity index is 663. The fourth-order valence-electron chi connectivity index (χ4n) is 2.25. The minimum absolute atomic E-state index is 0.950. The molecule has 2 rings (SSSR count). The average molecular weight is 360 g/mol. The van der Waals surface area contributed by atoms with Gasteiger partial charge in [0.05, 0.1) is 0 Å². The summed E-state index contributed by atoms with van der Waals surface area (Å²) in [4.78, 5) is 0. The van der Waals surface area contributed by atoms with Crippen LogP contribution in [0.25, 0.3) is 16.3 Å². The zero-order valence-corrected chi connectivity index (χ0v) is 13.3. The van der Waals surface area contributed by atoms with Crippen LogP contribution in [0.2, 0.25) is 0 Å². The SMILES string of the molecule is C=CC(=C)c1cc(I)cc2cccc(C/C=C\C)c12. The van der Waals surface area contributed by atoms with Gasteiger partial charge in [-0.05, 0) is 75.5 Å². The molecule has 0 N–H and O–H groups in total. The molecule has 0 aliphatic carbocycles. The van der Waals surface area contributed by atoms with Crippen molar-refractivity contribution in [2.75, 3.05) is 0 Å². The normalized spacial score (nSPS) is 11.1. The van der Waals surface area contributed by atoms with E-state index in [2.05, 4.69) is 85.2 Å². The van der Waals surface area contributed by atoms with E-state index < -0.39 is 0 Å². The first-order valence-electron chi connectivity index (χ1n) is 6.31. The fraction of sp³-hybridized carbons (Fsp3) is 0.111. The first-order valence-corrected chi connectivity index (χ1v) is 7.39. The van der Waals surface area contributed by atoms with Gasteiger partial charge in [-0.3, -0.25) is 0 Å². The van der Waals surface area contributed by atoms with Gasteiger partial charge in [-0.2, -0.15) is 0 Å². The first kappa shape index (κ1) is 14.1. The zero-order chi connectivity index (χ0) is 13.8. The van der Waals surface area contributed by atoms with Crippen molar-refractivity contribution in [3.05, 3.63) is 76.4 Å². The maximum atomic E-state index is 4.12. The molecule has 0 bridgehead atoms. The predicted molar refractivity (Wildman–Crippen MR) is 94.4 cm³/mol. The van der Waals surface area contributed by atoms with Crippen LogP contribution in [0.3, 0.4) is 0 Å². The molecule has 0 aliphatic rings. The lowest BCUT2D eigenvalue weighted by atomic mass is 9.94. The highest BCUT2D eigenvalue weighted by molar-refractivity contribution is 14.1. The Morgan fingerprint density at radius 1 is 1.32 bits per heavy atom. The van der Waals surface area contributed by atoms with Crippen LogP contribution in [0.1, 0.15) is 18.1 Å². The standard InChI is InChI=1S/C18H17I/c1-4-6-8-14-9-7-10-15-11-16(19)12-17(18(14)15)13(3)5-2/h4-7,9-12H,2-3,8H2,1H3/b6-4-. The topological polar surface area (TPSA) is 0 Å². The maximum absolute atomic E-state index is 4.12. The molecule has 0 fully saturated rings. The number of allylic oxidation sites excluding steroid dienone is 4. The number of rotatable bonds is 4. The molecule has 2 aromatic carbocycles. The van der Waals surface area contributed by atoms with Crippen LogP contribution in [0.5, 0.6) is 0 Å². The van der Waals surface area contributed by atoms with Crippen LogP contribution in [0.15, 0.2) is 61.7 Å². The van der Waals surface area contributed by atoms with E-state index in [0.717, 1.165) is 12.0 Å². The van der Waals surface area contributed by atoms with Gasteiger partial charge in [0.2, 0.25) is 0 Å². The average Bonchev–Trinajstić information content (AvgIpc) is 2.42. The summed E-state index contributed by atoms with van der Waals surface area (Å²) in [5.74, 6) is 0. The molecule has 0 atom stereocenters. The molecular formula is C18H17I. The Labute approximate surface area is 128 Å². The number of hydrogen-bond acceptors (Lipinski definition) is 0. The van der Waals surface area contributed by atoms with Gasteiger partial charge in [-0.1, -0.05) is 49.6 Å². The van der Waals surface area contributed by atoms with Crippen molar-refractivity contribution < 1.29 is 0 Å². The molecular weight excluding hydrogens is 343 g/mol. The van der Waals surface area contributed by atoms with Crippen molar-refractivity contribution in [2.45, 2.75) is 13.3 Å². The van der Waals surface area contributed by atoms with Gasteiger partial charge in [0.25, 0.3) is 0 Å². The van der Waals surface area contributed by atoms with Crippen molar-refractivity contribution in [1.29, 1.82) is 0 Å². The van der Waals surface area contributed by atoms with Crippen LogP contribution < -0.4 is 0 Å². The Morgan fingerprint density at radius 2 is 2.11 bits per heavy atom. The van der Waals surface area contributed by atoms with Gasteiger partial charge in [0.1, 0.15) is 0 Å². The molecule has 2 aromatic rings. The van der Waals surface area contributed by atoms with E-state index in [0.29, 0.717) is 0 Å². The summed E-state index contributed by atoms with van der Waals surface area (Å²) in [5, 5.41) is 2.57. The molecule has 0 saturated carbocycles. The zero-order valence-electron chi connectivity index (χ0n) is 11.1. The van der Waals surface area contributed by atoms with Crippen molar-refractivity contribution in [3.63, 3.8) is 0 Å². The summed E-state index contributed by atoms with van der Waals surface area (Å²) in [7, 11) is 0. The van der Waals surface area contributed by atoms with E-state index in [4.69, 9.17) is 0 Å². The third-order valence-corrected chi connectivity index (χ3v) is 3.82. The van der Waals surface area contributed by atoms with Gasteiger partial charge < -0.3 is 0 Å². The first-order chi connectivity index (χ1) is 9.17. The fourth-order valence-corrected chi connectivity index (χ4v) is 2.89. The van der Waals surface area contributed by atoms with Crippen molar-refractivity contribution in [1.82, 2.24) is 0 Å². The summed E-state index contributed by atoms with van der Waals surface area (Å²) >= 11 is 2.35. The minimum Gasteiger partial charge on any atom is -0.0985 e. The van der Waals surface area contributed by atoms with E-state index in [1.165, 1.54) is 25.5 Å². The summed E-state index contributed by atoms with van der Waals surface area (Å²) in [6, 6.07) is 10.9. The lowest BCUT2D eigenvalue weighted by Crippen LogP contribution is -1.91. The van der Waals surface area contributed by atoms with Gasteiger partial charge in [0.15, 0.2) is 0 Å². The monoisotopic (exact) mass is 360 g/mol. The molecule has 96 valence electrons. The van der Waals surface area contributed by atoms with E-state index in [-0.39, 0.29) is 0 Å². The van der Waals surface area contributed by atoms with E-state index in [1.807, 2.05) is 6.08 Å². The Hall–Kier alpha value is -1.35. The molecule has 0 heterocycles. The van der Waals surface area contributed by atoms with Gasteiger partial charge in [-0.25, -0.2) is 0 Å². The summed E-state index contributed by atoms with van der Waals surface area (Å²) in [5.41, 5.74) is 3.51. The van der Waals surface area contributed by atoms with Crippen LogP contribution in [-0.2, 0) is 6.42 Å². The summed E-state index contributed by atoms with van der Waals surface area (Å²) in [6.07, 6.45) is 7.06. The van der Waals surface area contributed by atoms with Crippen LogP contribution >= 0.6 is 22.6 Å². The van der Waals surface area contributed by atoms with Crippen molar-refractivity contribution in [3.8, 4) is 0 Å². The molecule has 1 heteroatoms. The van der Waals surface area contributed by atoms with Crippen LogP contribution in [0.4, 0.5) is 0 Å². The second-order valence-corrected chi connectivity index (χ2v) is 5.72. The Kier molecular flexibility index (Phi) is 4.59. The number of benzene rings is 2. The largest absolute Gasteiger partial charge is 0.0985 e. The summed E-state index contributed by atoms with van der Waals surface area (Å²) in [6.45, 7) is 10.0. The molecule has 0 radical (unpaired) electrons. The highest BCUT2D eigenvalue weighted by atomic mass is 127. The quantitative estimate of drug-likeness (QED) is 0.369. The highest BCUT2D eigenvalue weighted by Gasteiger charge is 2.08. The Balaban J connectivity index is 2.77. The highest BCUT2D eigenvalue weighted by Crippen LogP contribution is 2.30. The third kappa shape index (κ3) is 2.98. The second-order valence-electron chi connectivity index (χ2n) is 4.47.